The second kappa shape index (κ2) is 18.5. The van der Waals surface area contributed by atoms with Gasteiger partial charge in [0, 0.05) is 7.44 Å². The molecule has 0 saturated carbocycles. The molecule has 2 radical (unpaired) electrons. The number of hydrogen-bond acceptors (Lipinski definition) is 0. The Morgan fingerprint density at radius 3 is 1.50 bits per heavy atom. The van der Waals surface area contributed by atoms with Gasteiger partial charge < -0.3 is 2.85 Å². The van der Waals surface area contributed by atoms with Crippen molar-refractivity contribution >= 4 is 80.4 Å². The van der Waals surface area contributed by atoms with Gasteiger partial charge in [-0.05, 0) is 10.1 Å². The van der Waals surface area contributed by atoms with Crippen LogP contribution < -0.4 is 0 Å². The molecule has 0 fully saturated rings. The Kier molecular flexibility index (Phi) is 75.4. The van der Waals surface area contributed by atoms with Gasteiger partial charge in [-0.1, -0.05) is 0 Å². The van der Waals surface area contributed by atoms with Crippen LogP contribution in [0.25, 0.3) is 0 Å². The maximum atomic E-state index is 4.64. The Morgan fingerprint density at radius 2 is 1.50 bits per heavy atom. The topological polar surface area (TPSA) is 0 Å². The van der Waals surface area contributed by atoms with Gasteiger partial charge in [0.25, 0.3) is 0 Å². The molecule has 0 bridgehead atoms. The van der Waals surface area contributed by atoms with E-state index < -0.39 is 0 Å². The minimum absolute atomic E-state index is 0. The van der Waals surface area contributed by atoms with E-state index in [9.17, 15) is 0 Å². The molecule has 0 nitrogen and oxygen atoms in total. The summed E-state index contributed by atoms with van der Waals surface area (Å²) in [7, 11) is 5.44. The maximum absolute atomic E-state index is 4.64. The van der Waals surface area contributed by atoms with E-state index in [1.54, 1.807) is 0 Å². The van der Waals surface area contributed by atoms with Crippen molar-refractivity contribution in [3.63, 3.8) is 0 Å². The van der Waals surface area contributed by atoms with Gasteiger partial charge in [0.2, 0.25) is 0 Å². The van der Waals surface area contributed by atoms with E-state index in [-0.39, 0.29) is 65.7 Å². The van der Waals surface area contributed by atoms with Gasteiger partial charge in [0.05, 0.1) is 0 Å². The van der Waals surface area contributed by atoms with Gasteiger partial charge in [0.15, 0.2) is 17.4 Å². The standard InChI is InChI=1S/Al.BH3Si.Sr.5H/c;1-2;;;;;;/h;2H3;;;;;;/q;;+2;;;;2*-1. The Bertz CT molecular complexity index is 13.5. The fourth-order valence-electron chi connectivity index (χ4n) is 0. The first-order valence-electron chi connectivity index (χ1n) is 0.577. The van der Waals surface area contributed by atoms with Crippen LogP contribution in [0.15, 0.2) is 0 Å². The van der Waals surface area contributed by atoms with Crippen LogP contribution in [0.1, 0.15) is 2.85 Å². The van der Waals surface area contributed by atoms with Crippen LogP contribution in [-0.2, 0) is 0 Å². The summed E-state index contributed by atoms with van der Waals surface area (Å²) in [6.07, 6.45) is 0. The molecule has 0 rings (SSSR count). The third-order valence-electron chi connectivity index (χ3n) is 0. The summed E-state index contributed by atoms with van der Waals surface area (Å²) < 4.78 is 0. The average molecular weight is 162 g/mol. The summed E-state index contributed by atoms with van der Waals surface area (Å²) in [5.74, 6) is 0. The Balaban J connectivity index is -0.000000000833. The zero-order chi connectivity index (χ0) is 2.00. The zero-order valence-electron chi connectivity index (χ0n) is 4.28. The predicted octanol–water partition coefficient (Wildman–Crippen LogP) is -2.90. The van der Waals surface area contributed by atoms with Crippen LogP contribution in [0.2, 0.25) is 0 Å². The molecule has 0 aliphatic carbocycles. The Labute approximate surface area is 81.9 Å². The first-order valence-corrected chi connectivity index (χ1v) is 1.73. The van der Waals surface area contributed by atoms with Crippen molar-refractivity contribution in [2.75, 3.05) is 0 Å². The molecule has 0 atom stereocenters. The minimum atomic E-state index is 0. The van der Waals surface area contributed by atoms with Crippen molar-refractivity contribution in [1.29, 1.82) is 0 Å². The van der Waals surface area contributed by atoms with E-state index in [4.69, 9.17) is 0 Å². The SMILES string of the molecule is [AlH3].[B][SiH3].[H-].[H-].[Sr+2]. The van der Waals surface area contributed by atoms with Crippen LogP contribution in [0.3, 0.4) is 0 Å². The number of hydrogen-bond donors (Lipinski definition) is 0. The molecule has 0 N–H and O–H groups in total. The molecular weight excluding hydrogens is 154 g/mol. The molecule has 0 aromatic carbocycles. The molecule has 0 amide bonds. The third-order valence-corrected chi connectivity index (χ3v) is 0. The fraction of sp³-hybridized carbons (Fsp3) is 0. The Morgan fingerprint density at radius 1 is 1.50 bits per heavy atom. The fourth-order valence-corrected chi connectivity index (χ4v) is 0. The van der Waals surface area contributed by atoms with Crippen LogP contribution in [0.4, 0.5) is 0 Å². The summed E-state index contributed by atoms with van der Waals surface area (Å²) in [4.78, 5) is 0. The van der Waals surface area contributed by atoms with Gasteiger partial charge in [-0.2, -0.15) is 0 Å². The molecule has 0 aromatic heterocycles. The molecule has 4 heteroatoms. The van der Waals surface area contributed by atoms with Crippen LogP contribution >= 0.6 is 0 Å². The maximum Gasteiger partial charge on any atom is 2.00 e. The van der Waals surface area contributed by atoms with E-state index in [0.717, 1.165) is 10.1 Å². The zero-order valence-corrected chi connectivity index (χ0v) is 7.76. The van der Waals surface area contributed by atoms with E-state index in [2.05, 4.69) is 7.44 Å². The van der Waals surface area contributed by atoms with Crippen molar-refractivity contribution in [3.05, 3.63) is 0 Å². The Hall–Kier alpha value is 2.29. The summed E-state index contributed by atoms with van der Waals surface area (Å²) in [6, 6.07) is 0. The predicted molar refractivity (Wildman–Crippen MR) is 33.6 cm³/mol. The molecule has 0 aromatic rings. The largest absolute Gasteiger partial charge is 2.00 e. The molecule has 20 valence electrons. The van der Waals surface area contributed by atoms with Gasteiger partial charge in [-0.25, -0.2) is 0 Å². The van der Waals surface area contributed by atoms with Gasteiger partial charge >= 0.3 is 45.5 Å². The van der Waals surface area contributed by atoms with Crippen LogP contribution in [-0.4, -0.2) is 80.4 Å². The first-order chi connectivity index (χ1) is 1.00. The third kappa shape index (κ3) is 8.85. The summed E-state index contributed by atoms with van der Waals surface area (Å²) in [5.41, 5.74) is 0. The molecule has 0 aliphatic rings. The average Bonchev–Trinajstić information content (AvgIpc) is 1.00. The van der Waals surface area contributed by atoms with Gasteiger partial charge in [-0.15, -0.1) is 0 Å². The van der Waals surface area contributed by atoms with Crippen molar-refractivity contribution < 1.29 is 2.85 Å². The minimum Gasteiger partial charge on any atom is -1.00 e. The van der Waals surface area contributed by atoms with Crippen molar-refractivity contribution in [2.45, 2.75) is 0 Å². The molecule has 0 saturated heterocycles. The van der Waals surface area contributed by atoms with Gasteiger partial charge in [-0.3, -0.25) is 0 Å². The second-order valence-electron chi connectivity index (χ2n) is 0. The second-order valence-corrected chi connectivity index (χ2v) is 0. The molecule has 0 aliphatic heterocycles. The smallest absolute Gasteiger partial charge is 1.00 e. The quantitative estimate of drug-likeness (QED) is 0.335. The van der Waals surface area contributed by atoms with E-state index in [1.165, 1.54) is 0 Å². The molecule has 0 spiro atoms. The normalized spacial score (nSPS) is 2.00. The molecular formula is H8AlBSiSr. The van der Waals surface area contributed by atoms with Crippen LogP contribution in [0.5, 0.6) is 0 Å². The first kappa shape index (κ1) is 16.3. The van der Waals surface area contributed by atoms with Crippen molar-refractivity contribution in [3.8, 4) is 0 Å². The van der Waals surface area contributed by atoms with E-state index in [0.29, 0.717) is 0 Å². The summed E-state index contributed by atoms with van der Waals surface area (Å²) in [5, 5.41) is 0. The summed E-state index contributed by atoms with van der Waals surface area (Å²) in [6.45, 7) is 0. The van der Waals surface area contributed by atoms with Crippen LogP contribution in [0, 0.1) is 0 Å². The molecule has 0 unspecified atom stereocenters. The van der Waals surface area contributed by atoms with Gasteiger partial charge in [0.1, 0.15) is 0 Å². The monoisotopic (exact) mass is 162 g/mol. The van der Waals surface area contributed by atoms with Crippen molar-refractivity contribution in [1.82, 2.24) is 0 Å². The van der Waals surface area contributed by atoms with E-state index in [1.807, 2.05) is 0 Å². The summed E-state index contributed by atoms with van der Waals surface area (Å²) >= 11 is 0. The number of rotatable bonds is 0. The molecule has 4 heavy (non-hydrogen) atoms. The van der Waals surface area contributed by atoms with E-state index >= 15 is 0 Å². The van der Waals surface area contributed by atoms with Crippen molar-refractivity contribution in [2.24, 2.45) is 0 Å². The molecule has 0 heterocycles.